The Morgan fingerprint density at radius 1 is 0.789 bits per heavy atom. The smallest absolute Gasteiger partial charge is 0.0255 e. The fourth-order valence-corrected chi connectivity index (χ4v) is 3.53. The van der Waals surface area contributed by atoms with Crippen molar-refractivity contribution in [3.63, 3.8) is 0 Å². The zero-order chi connectivity index (χ0) is 26.8. The molecule has 0 unspecified atom stereocenters. The quantitative estimate of drug-likeness (QED) is 0.179. The first-order chi connectivity index (χ1) is 17.6. The highest BCUT2D eigenvalue weighted by atomic mass is 14.2. The maximum atomic E-state index is 5.28. The fraction of sp³-hybridized carbons (Fsp3) is 0.211. The average molecular weight is 501 g/mol. The fourth-order valence-electron chi connectivity index (χ4n) is 3.53. The summed E-state index contributed by atoms with van der Waals surface area (Å²) >= 11 is 0. The Morgan fingerprint density at radius 3 is 1.84 bits per heavy atom. The molecule has 0 aliphatic rings. The number of aryl methyl sites for hydroxylation is 1. The molecule has 0 aliphatic carbocycles. The molecule has 0 fully saturated rings. The van der Waals surface area contributed by atoms with E-state index in [4.69, 9.17) is 6.42 Å². The SMILES string of the molecule is C.C.C#C.C#CC#Cc1ccc(/C(=C(\C/C=C\C(C)=C/C)c2ccc(C)cc2)c2ccccc2)cc1.CC. The zero-order valence-electron chi connectivity index (χ0n) is 22.2. The summed E-state index contributed by atoms with van der Waals surface area (Å²) in [6.07, 6.45) is 20.7. The van der Waals surface area contributed by atoms with Crippen LogP contribution in [0.1, 0.15) is 76.8 Å². The van der Waals surface area contributed by atoms with Gasteiger partial charge >= 0.3 is 0 Å². The summed E-state index contributed by atoms with van der Waals surface area (Å²) in [5, 5.41) is 0. The topological polar surface area (TPSA) is 0 Å². The molecule has 0 nitrogen and oxygen atoms in total. The van der Waals surface area contributed by atoms with Gasteiger partial charge in [0.25, 0.3) is 0 Å². The first kappa shape index (κ1) is 35.7. The Morgan fingerprint density at radius 2 is 1.32 bits per heavy atom. The van der Waals surface area contributed by atoms with Crippen LogP contribution in [0, 0.1) is 44.0 Å². The maximum absolute atomic E-state index is 5.28. The van der Waals surface area contributed by atoms with E-state index in [0.717, 1.165) is 17.5 Å². The van der Waals surface area contributed by atoms with Crippen LogP contribution >= 0.6 is 0 Å². The number of hydrogen-bond donors (Lipinski definition) is 0. The summed E-state index contributed by atoms with van der Waals surface area (Å²) < 4.78 is 0. The van der Waals surface area contributed by atoms with Crippen molar-refractivity contribution in [2.75, 3.05) is 0 Å². The van der Waals surface area contributed by atoms with E-state index < -0.39 is 0 Å². The van der Waals surface area contributed by atoms with Crippen molar-refractivity contribution in [1.29, 1.82) is 0 Å². The minimum absolute atomic E-state index is 0. The molecule has 3 aromatic rings. The molecule has 0 bridgehead atoms. The first-order valence-electron chi connectivity index (χ1n) is 12.2. The molecular formula is C38H44. The number of rotatable bonds is 6. The Bertz CT molecular complexity index is 1270. The lowest BCUT2D eigenvalue weighted by Gasteiger charge is -2.17. The van der Waals surface area contributed by atoms with Gasteiger partial charge in [-0.3, -0.25) is 0 Å². The van der Waals surface area contributed by atoms with Crippen LogP contribution in [0.2, 0.25) is 0 Å². The van der Waals surface area contributed by atoms with Crippen molar-refractivity contribution < 1.29 is 0 Å². The third-order valence-corrected chi connectivity index (χ3v) is 5.37. The van der Waals surface area contributed by atoms with Gasteiger partial charge in [0.15, 0.2) is 0 Å². The lowest BCUT2D eigenvalue weighted by Crippen LogP contribution is -1.96. The maximum Gasteiger partial charge on any atom is 0.0255 e. The molecule has 3 aromatic carbocycles. The van der Waals surface area contributed by atoms with E-state index in [2.05, 4.69) is 136 Å². The Balaban J connectivity index is 0. The van der Waals surface area contributed by atoms with Gasteiger partial charge in [0, 0.05) is 5.56 Å². The summed E-state index contributed by atoms with van der Waals surface area (Å²) in [4.78, 5) is 0. The van der Waals surface area contributed by atoms with Gasteiger partial charge in [-0.1, -0.05) is 131 Å². The van der Waals surface area contributed by atoms with Gasteiger partial charge < -0.3 is 0 Å². The summed E-state index contributed by atoms with van der Waals surface area (Å²) in [7, 11) is 0. The van der Waals surface area contributed by atoms with Crippen LogP contribution in [-0.4, -0.2) is 0 Å². The molecule has 0 radical (unpaired) electrons. The van der Waals surface area contributed by atoms with Crippen LogP contribution in [0.15, 0.2) is 103 Å². The van der Waals surface area contributed by atoms with Gasteiger partial charge in [-0.15, -0.1) is 19.3 Å². The third-order valence-electron chi connectivity index (χ3n) is 5.37. The van der Waals surface area contributed by atoms with Crippen molar-refractivity contribution in [1.82, 2.24) is 0 Å². The highest BCUT2D eigenvalue weighted by Gasteiger charge is 2.13. The van der Waals surface area contributed by atoms with Crippen LogP contribution in [-0.2, 0) is 0 Å². The minimum atomic E-state index is 0. The Hall–Kier alpha value is -4.44. The molecule has 0 atom stereocenters. The molecule has 0 heterocycles. The van der Waals surface area contributed by atoms with Crippen molar-refractivity contribution in [2.24, 2.45) is 0 Å². The van der Waals surface area contributed by atoms with Crippen LogP contribution in [0.5, 0.6) is 0 Å². The van der Waals surface area contributed by atoms with Crippen molar-refractivity contribution in [3.05, 3.63) is 130 Å². The Labute approximate surface area is 234 Å². The van der Waals surface area contributed by atoms with E-state index in [9.17, 15) is 0 Å². The van der Waals surface area contributed by atoms with Gasteiger partial charge in [0.1, 0.15) is 0 Å². The summed E-state index contributed by atoms with van der Waals surface area (Å²) in [5.74, 6) is 8.07. The molecule has 0 amide bonds. The zero-order valence-corrected chi connectivity index (χ0v) is 22.2. The molecule has 0 saturated carbocycles. The molecule has 0 heteroatoms. The van der Waals surface area contributed by atoms with E-state index in [0.29, 0.717) is 0 Å². The number of hydrogen-bond acceptors (Lipinski definition) is 0. The van der Waals surface area contributed by atoms with Crippen LogP contribution < -0.4 is 0 Å². The molecule has 0 aromatic heterocycles. The van der Waals surface area contributed by atoms with Gasteiger partial charge in [-0.2, -0.15) is 0 Å². The lowest BCUT2D eigenvalue weighted by atomic mass is 9.87. The van der Waals surface area contributed by atoms with E-state index in [-0.39, 0.29) is 14.9 Å². The largest absolute Gasteiger partial charge is 0.124 e. The van der Waals surface area contributed by atoms with Crippen molar-refractivity contribution >= 4 is 11.1 Å². The van der Waals surface area contributed by atoms with Gasteiger partial charge in [0.2, 0.25) is 0 Å². The average Bonchev–Trinajstić information content (AvgIpc) is 2.95. The number of terminal acetylenes is 2. The molecule has 0 spiro atoms. The molecule has 0 N–H and O–H groups in total. The number of benzene rings is 3. The molecule has 0 aliphatic heterocycles. The number of allylic oxidation sites excluding steroid dienone is 5. The Kier molecular flexibility index (Phi) is 19.5. The van der Waals surface area contributed by atoms with Crippen LogP contribution in [0.25, 0.3) is 11.1 Å². The summed E-state index contributed by atoms with van der Waals surface area (Å²) in [6.45, 7) is 10.3. The van der Waals surface area contributed by atoms with Gasteiger partial charge in [-0.05, 0) is 79.0 Å². The predicted octanol–water partition coefficient (Wildman–Crippen LogP) is 10.4. The molecular weight excluding hydrogens is 456 g/mol. The van der Waals surface area contributed by atoms with E-state index in [1.807, 2.05) is 26.0 Å². The van der Waals surface area contributed by atoms with E-state index >= 15 is 0 Å². The first-order valence-corrected chi connectivity index (χ1v) is 12.2. The van der Waals surface area contributed by atoms with E-state index in [1.54, 1.807) is 0 Å². The van der Waals surface area contributed by atoms with Crippen LogP contribution in [0.3, 0.4) is 0 Å². The molecule has 196 valence electrons. The lowest BCUT2D eigenvalue weighted by molar-refractivity contribution is 1.34. The predicted molar refractivity (Wildman–Crippen MR) is 174 cm³/mol. The van der Waals surface area contributed by atoms with E-state index in [1.165, 1.54) is 33.4 Å². The van der Waals surface area contributed by atoms with Crippen molar-refractivity contribution in [2.45, 2.75) is 55.9 Å². The second-order valence-electron chi connectivity index (χ2n) is 7.70. The second kappa shape index (κ2) is 20.7. The molecule has 0 saturated heterocycles. The highest BCUT2D eigenvalue weighted by molar-refractivity contribution is 5.99. The third kappa shape index (κ3) is 11.1. The standard InChI is InChI=1S/C32H28.C2H6.C2H2.2CH4/c1-5-7-13-27-19-23-30(24-20-27)32(29-14-9-8-10-15-29)31(16-11-12-25(3)6-2)28-21-17-26(4)18-22-28;2*1-2;;/h1,6,8-12,14-15,17-24H,16H2,2-4H3;1-2H3;1-2H;2*1H4/b12-11-,25-6-,32-31+;;;;. The van der Waals surface area contributed by atoms with Gasteiger partial charge in [0.05, 0.1) is 0 Å². The normalized spacial score (nSPS) is 10.3. The summed E-state index contributed by atoms with van der Waals surface area (Å²) in [6, 6.07) is 27.7. The second-order valence-corrected chi connectivity index (χ2v) is 7.70. The highest BCUT2D eigenvalue weighted by Crippen LogP contribution is 2.35. The molecule has 3 rings (SSSR count). The molecule has 38 heavy (non-hydrogen) atoms. The van der Waals surface area contributed by atoms with Gasteiger partial charge in [-0.25, -0.2) is 0 Å². The van der Waals surface area contributed by atoms with Crippen molar-refractivity contribution in [3.8, 4) is 37.0 Å². The summed E-state index contributed by atoms with van der Waals surface area (Å²) in [5.41, 5.74) is 9.54. The monoisotopic (exact) mass is 500 g/mol. The van der Waals surface area contributed by atoms with Crippen LogP contribution in [0.4, 0.5) is 0 Å². The minimum Gasteiger partial charge on any atom is -0.124 e.